The van der Waals surface area contributed by atoms with Gasteiger partial charge in [0.2, 0.25) is 5.91 Å². The number of carbonyl (C=O) groups excluding carboxylic acids is 1. The van der Waals surface area contributed by atoms with Crippen molar-refractivity contribution in [3.8, 4) is 6.01 Å². The molecule has 3 saturated heterocycles. The first-order valence-corrected chi connectivity index (χ1v) is 13.8. The average Bonchev–Trinajstić information content (AvgIpc) is 3.74. The van der Waals surface area contributed by atoms with Crippen molar-refractivity contribution in [2.24, 2.45) is 0 Å². The highest BCUT2D eigenvalue weighted by Crippen LogP contribution is 2.44. The number of fused-ring (bicyclic) bond motifs is 4. The molecule has 1 aliphatic carbocycles. The van der Waals surface area contributed by atoms with E-state index in [4.69, 9.17) is 14.7 Å². The molecule has 37 heavy (non-hydrogen) atoms. The first-order valence-electron chi connectivity index (χ1n) is 13.8. The van der Waals surface area contributed by atoms with Crippen LogP contribution in [0.25, 0.3) is 0 Å². The summed E-state index contributed by atoms with van der Waals surface area (Å²) in [5, 5.41) is 0. The number of likely N-dealkylation sites (N-methyl/N-ethyl adjacent to an activating group) is 1. The lowest BCUT2D eigenvalue weighted by molar-refractivity contribution is -0.127. The molecule has 194 valence electrons. The number of carbonyl (C=O) groups is 1. The minimum atomic E-state index is 0.0378. The second-order valence-corrected chi connectivity index (χ2v) is 11.4. The van der Waals surface area contributed by atoms with Crippen LogP contribution in [0.3, 0.4) is 0 Å². The third-order valence-corrected chi connectivity index (χ3v) is 9.35. The predicted molar refractivity (Wildman–Crippen MR) is 141 cm³/mol. The summed E-state index contributed by atoms with van der Waals surface area (Å²) in [5.41, 5.74) is 5.28. The van der Waals surface area contributed by atoms with Gasteiger partial charge in [0.25, 0.3) is 0 Å². The molecule has 0 spiro atoms. The highest BCUT2D eigenvalue weighted by molar-refractivity contribution is 5.88. The number of anilines is 1. The molecule has 1 amide bonds. The molecule has 1 aromatic heterocycles. The first-order chi connectivity index (χ1) is 18.1. The zero-order chi connectivity index (χ0) is 25.1. The zero-order valence-electron chi connectivity index (χ0n) is 21.7. The number of aryl methyl sites for hydroxylation is 1. The molecule has 0 N–H and O–H groups in total. The summed E-state index contributed by atoms with van der Waals surface area (Å²) < 4.78 is 6.27. The molecule has 5 heterocycles. The number of aromatic nitrogens is 2. The number of ether oxygens (including phenoxy) is 1. The second-order valence-electron chi connectivity index (χ2n) is 11.4. The van der Waals surface area contributed by atoms with Crippen molar-refractivity contribution >= 4 is 11.7 Å². The molecular weight excluding hydrogens is 464 g/mol. The molecule has 4 aliphatic heterocycles. The Morgan fingerprint density at radius 2 is 2.05 bits per heavy atom. The number of hydrogen-bond acceptors (Lipinski definition) is 7. The molecule has 2 aromatic rings. The summed E-state index contributed by atoms with van der Waals surface area (Å²) in [6, 6.07) is 10.7. The minimum Gasteiger partial charge on any atom is -0.462 e. The lowest BCUT2D eigenvalue weighted by atomic mass is 10.1. The SMILES string of the molecule is C=CC(=O)N1CC2CC1CN2c1nc(OC[C@@H]2CCCN2C)nc2c1CN(C1CCc3ccccc31)C2. The van der Waals surface area contributed by atoms with Gasteiger partial charge in [-0.2, -0.15) is 9.97 Å². The van der Waals surface area contributed by atoms with Crippen LogP contribution >= 0.6 is 0 Å². The maximum Gasteiger partial charge on any atom is 0.318 e. The number of likely N-dealkylation sites (tertiary alicyclic amines) is 2. The van der Waals surface area contributed by atoms with Gasteiger partial charge in [0.1, 0.15) is 12.4 Å². The van der Waals surface area contributed by atoms with E-state index in [9.17, 15) is 4.79 Å². The smallest absolute Gasteiger partial charge is 0.318 e. The van der Waals surface area contributed by atoms with E-state index in [2.05, 4.69) is 52.6 Å². The number of piperazine rings is 1. The Morgan fingerprint density at radius 1 is 1.16 bits per heavy atom. The molecule has 5 aliphatic rings. The van der Waals surface area contributed by atoms with Crippen molar-refractivity contribution in [3.63, 3.8) is 0 Å². The highest BCUT2D eigenvalue weighted by atomic mass is 16.5. The topological polar surface area (TPSA) is 65.0 Å². The Morgan fingerprint density at radius 3 is 2.84 bits per heavy atom. The van der Waals surface area contributed by atoms with Gasteiger partial charge < -0.3 is 19.4 Å². The van der Waals surface area contributed by atoms with Crippen LogP contribution in [0.5, 0.6) is 6.01 Å². The maximum absolute atomic E-state index is 12.3. The van der Waals surface area contributed by atoms with Gasteiger partial charge in [0, 0.05) is 43.8 Å². The van der Waals surface area contributed by atoms with Crippen LogP contribution in [-0.2, 0) is 24.3 Å². The molecule has 0 radical (unpaired) electrons. The molecule has 0 saturated carbocycles. The van der Waals surface area contributed by atoms with E-state index >= 15 is 0 Å². The highest BCUT2D eigenvalue weighted by Gasteiger charge is 2.47. The fourth-order valence-corrected chi connectivity index (χ4v) is 7.35. The van der Waals surface area contributed by atoms with Crippen molar-refractivity contribution < 1.29 is 9.53 Å². The standard InChI is InChI=1S/C29H36N6O2/c1-3-27(36)34-14-22-13-21(34)15-35(22)28-24-16-33(26-11-10-19-7-4-5-9-23(19)26)17-25(24)30-29(31-28)37-18-20-8-6-12-32(20)2/h3-5,7,9,20-22,26H,1,6,8,10-18H2,2H3/t20-,21?,22?,26?/m0/s1. The normalized spacial score (nSPS) is 28.7. The Hall–Kier alpha value is -2.97. The van der Waals surface area contributed by atoms with Gasteiger partial charge in [-0.25, -0.2) is 0 Å². The molecule has 7 rings (SSSR count). The number of rotatable bonds is 6. The van der Waals surface area contributed by atoms with Crippen LogP contribution < -0.4 is 9.64 Å². The van der Waals surface area contributed by atoms with Gasteiger partial charge in [-0.3, -0.25) is 9.69 Å². The fourth-order valence-electron chi connectivity index (χ4n) is 7.35. The number of benzene rings is 1. The van der Waals surface area contributed by atoms with Crippen molar-refractivity contribution in [1.82, 2.24) is 24.7 Å². The van der Waals surface area contributed by atoms with Gasteiger partial charge in [0.15, 0.2) is 0 Å². The van der Waals surface area contributed by atoms with Gasteiger partial charge in [-0.1, -0.05) is 30.8 Å². The fraction of sp³-hybridized carbons (Fsp3) is 0.552. The summed E-state index contributed by atoms with van der Waals surface area (Å²) >= 11 is 0. The summed E-state index contributed by atoms with van der Waals surface area (Å²) in [5.74, 6) is 1.06. The van der Waals surface area contributed by atoms with E-state index in [0.29, 0.717) is 24.7 Å². The third kappa shape index (κ3) is 3.92. The van der Waals surface area contributed by atoms with Crippen molar-refractivity contribution in [2.45, 2.75) is 69.4 Å². The molecule has 8 nitrogen and oxygen atoms in total. The zero-order valence-corrected chi connectivity index (χ0v) is 21.7. The predicted octanol–water partition coefficient (Wildman–Crippen LogP) is 2.93. The van der Waals surface area contributed by atoms with Crippen LogP contribution in [0.4, 0.5) is 5.82 Å². The quantitative estimate of drug-likeness (QED) is 0.565. The van der Waals surface area contributed by atoms with E-state index < -0.39 is 0 Å². The molecule has 1 aromatic carbocycles. The van der Waals surface area contributed by atoms with Crippen LogP contribution in [-0.4, -0.2) is 82.0 Å². The van der Waals surface area contributed by atoms with Gasteiger partial charge in [-0.05, 0) is 62.9 Å². The minimum absolute atomic E-state index is 0.0378. The van der Waals surface area contributed by atoms with Crippen LogP contribution in [0.15, 0.2) is 36.9 Å². The van der Waals surface area contributed by atoms with Gasteiger partial charge in [-0.15, -0.1) is 0 Å². The summed E-state index contributed by atoms with van der Waals surface area (Å²) in [4.78, 5) is 31.7. The van der Waals surface area contributed by atoms with Crippen molar-refractivity contribution in [1.29, 1.82) is 0 Å². The molecule has 3 fully saturated rings. The van der Waals surface area contributed by atoms with E-state index in [0.717, 1.165) is 69.9 Å². The average molecular weight is 501 g/mol. The summed E-state index contributed by atoms with van der Waals surface area (Å²) in [6.45, 7) is 8.67. The van der Waals surface area contributed by atoms with Gasteiger partial charge >= 0.3 is 6.01 Å². The van der Waals surface area contributed by atoms with Crippen LogP contribution in [0, 0.1) is 0 Å². The van der Waals surface area contributed by atoms with Crippen LogP contribution in [0.1, 0.15) is 54.1 Å². The van der Waals surface area contributed by atoms with E-state index in [1.807, 2.05) is 4.90 Å². The van der Waals surface area contributed by atoms with Gasteiger partial charge in [0.05, 0.1) is 17.8 Å². The number of nitrogens with zero attached hydrogens (tertiary/aromatic N) is 6. The van der Waals surface area contributed by atoms with E-state index in [-0.39, 0.29) is 18.0 Å². The lowest BCUT2D eigenvalue weighted by Crippen LogP contribution is -2.49. The molecular formula is C29H36N6O2. The Balaban J connectivity index is 1.17. The van der Waals surface area contributed by atoms with E-state index in [1.54, 1.807) is 0 Å². The Bertz CT molecular complexity index is 1230. The third-order valence-electron chi connectivity index (χ3n) is 9.35. The van der Waals surface area contributed by atoms with Crippen molar-refractivity contribution in [3.05, 3.63) is 59.3 Å². The summed E-state index contributed by atoms with van der Waals surface area (Å²) in [6.07, 6.45) is 7.10. The Labute approximate surface area is 218 Å². The molecule has 8 heteroatoms. The Kier molecular flexibility index (Phi) is 5.70. The monoisotopic (exact) mass is 500 g/mol. The molecule has 4 atom stereocenters. The van der Waals surface area contributed by atoms with Crippen molar-refractivity contribution in [2.75, 3.05) is 38.2 Å². The number of amides is 1. The molecule has 2 bridgehead atoms. The maximum atomic E-state index is 12.3. The van der Waals surface area contributed by atoms with Crippen LogP contribution in [0.2, 0.25) is 0 Å². The van der Waals surface area contributed by atoms with E-state index in [1.165, 1.54) is 29.2 Å². The molecule has 3 unspecified atom stereocenters. The summed E-state index contributed by atoms with van der Waals surface area (Å²) in [7, 11) is 2.17. The largest absolute Gasteiger partial charge is 0.462 e. The lowest BCUT2D eigenvalue weighted by Gasteiger charge is -2.35. The second kappa shape index (κ2) is 9.10. The number of hydrogen-bond donors (Lipinski definition) is 0. The first kappa shape index (κ1) is 23.2.